The van der Waals surface area contributed by atoms with Crippen molar-refractivity contribution < 1.29 is 0 Å². The Morgan fingerprint density at radius 3 is 2.67 bits per heavy atom. The lowest BCUT2D eigenvalue weighted by Gasteiger charge is -2.17. The lowest BCUT2D eigenvalue weighted by Crippen LogP contribution is -2.12. The summed E-state index contributed by atoms with van der Waals surface area (Å²) in [6.45, 7) is 4.23. The quantitative estimate of drug-likeness (QED) is 0.738. The molecule has 3 nitrogen and oxygen atoms in total. The van der Waals surface area contributed by atoms with Crippen LogP contribution in [-0.4, -0.2) is 9.55 Å². The van der Waals surface area contributed by atoms with E-state index >= 15 is 0 Å². The predicted molar refractivity (Wildman–Crippen MR) is 91.6 cm³/mol. The summed E-state index contributed by atoms with van der Waals surface area (Å²) in [5, 5.41) is 3.54. The van der Waals surface area contributed by atoms with Crippen molar-refractivity contribution in [2.24, 2.45) is 7.05 Å². The molecule has 21 heavy (non-hydrogen) atoms. The number of nitrogens with zero attached hydrogens (tertiary/aromatic N) is 2. The molecule has 1 atom stereocenters. The first-order chi connectivity index (χ1) is 10.1. The van der Waals surface area contributed by atoms with E-state index in [4.69, 9.17) is 4.98 Å². The van der Waals surface area contributed by atoms with Crippen LogP contribution in [0.2, 0.25) is 0 Å². The molecule has 4 heteroatoms. The molecule has 0 aliphatic rings. The van der Waals surface area contributed by atoms with Crippen LogP contribution >= 0.6 is 15.9 Å². The monoisotopic (exact) mass is 343 g/mol. The Morgan fingerprint density at radius 2 is 1.90 bits per heavy atom. The SMILES string of the molecule is Cc1cccc(NC(C)c2nc3ccccc3n2C)c1Br. The summed E-state index contributed by atoms with van der Waals surface area (Å²) in [5.41, 5.74) is 4.50. The Bertz CT molecular complexity index is 792. The molecule has 0 aliphatic carbocycles. The largest absolute Gasteiger partial charge is 0.374 e. The van der Waals surface area contributed by atoms with Crippen molar-refractivity contribution in [1.82, 2.24) is 9.55 Å². The highest BCUT2D eigenvalue weighted by Gasteiger charge is 2.15. The molecule has 1 unspecified atom stereocenters. The number of nitrogens with one attached hydrogen (secondary N) is 1. The predicted octanol–water partition coefficient (Wildman–Crippen LogP) is 4.82. The maximum absolute atomic E-state index is 4.75. The highest BCUT2D eigenvalue weighted by Crippen LogP contribution is 2.29. The number of hydrogen-bond acceptors (Lipinski definition) is 2. The lowest BCUT2D eigenvalue weighted by molar-refractivity contribution is 0.733. The van der Waals surface area contributed by atoms with Gasteiger partial charge in [0.15, 0.2) is 0 Å². The van der Waals surface area contributed by atoms with Crippen molar-refractivity contribution in [1.29, 1.82) is 0 Å². The summed E-state index contributed by atoms with van der Waals surface area (Å²) in [4.78, 5) is 4.75. The summed E-state index contributed by atoms with van der Waals surface area (Å²) >= 11 is 3.64. The van der Waals surface area contributed by atoms with Gasteiger partial charge in [-0.2, -0.15) is 0 Å². The van der Waals surface area contributed by atoms with Crippen molar-refractivity contribution in [2.75, 3.05) is 5.32 Å². The fourth-order valence-corrected chi connectivity index (χ4v) is 2.99. The summed E-state index contributed by atoms with van der Waals surface area (Å²) in [7, 11) is 2.06. The minimum Gasteiger partial charge on any atom is -0.374 e. The van der Waals surface area contributed by atoms with Gasteiger partial charge < -0.3 is 9.88 Å². The molecule has 0 fully saturated rings. The van der Waals surface area contributed by atoms with Crippen LogP contribution in [0.3, 0.4) is 0 Å². The van der Waals surface area contributed by atoms with Gasteiger partial charge >= 0.3 is 0 Å². The molecule has 0 saturated heterocycles. The van der Waals surface area contributed by atoms with Crippen LogP contribution in [0.15, 0.2) is 46.9 Å². The van der Waals surface area contributed by atoms with Gasteiger partial charge in [-0.3, -0.25) is 0 Å². The molecule has 0 saturated carbocycles. The van der Waals surface area contributed by atoms with E-state index < -0.39 is 0 Å². The number of fused-ring (bicyclic) bond motifs is 1. The van der Waals surface area contributed by atoms with Crippen molar-refractivity contribution in [2.45, 2.75) is 19.9 Å². The minimum atomic E-state index is 0.125. The van der Waals surface area contributed by atoms with Gasteiger partial charge in [-0.15, -0.1) is 0 Å². The smallest absolute Gasteiger partial charge is 0.131 e. The first-order valence-corrected chi connectivity index (χ1v) is 7.80. The number of halogens is 1. The van der Waals surface area contributed by atoms with Gasteiger partial charge in [0.05, 0.1) is 17.1 Å². The Morgan fingerprint density at radius 1 is 1.14 bits per heavy atom. The highest BCUT2D eigenvalue weighted by atomic mass is 79.9. The average Bonchev–Trinajstić information content (AvgIpc) is 2.82. The molecular formula is C17H18BrN3. The second-order valence-electron chi connectivity index (χ2n) is 5.32. The summed E-state index contributed by atoms with van der Waals surface area (Å²) in [6.07, 6.45) is 0. The Kier molecular flexibility index (Phi) is 3.72. The first kappa shape index (κ1) is 14.1. The Balaban J connectivity index is 1.95. The average molecular weight is 344 g/mol. The number of para-hydroxylation sites is 2. The van der Waals surface area contributed by atoms with Gasteiger partial charge in [0.1, 0.15) is 5.82 Å². The Hall–Kier alpha value is -1.81. The Labute approximate surface area is 133 Å². The molecule has 0 amide bonds. The van der Waals surface area contributed by atoms with Crippen LogP contribution in [-0.2, 0) is 7.05 Å². The zero-order valence-electron chi connectivity index (χ0n) is 12.4. The molecule has 1 N–H and O–H groups in total. The van der Waals surface area contributed by atoms with Crippen LogP contribution in [0.1, 0.15) is 24.4 Å². The molecule has 1 aromatic heterocycles. The van der Waals surface area contributed by atoms with Gasteiger partial charge in [-0.05, 0) is 53.5 Å². The molecular weight excluding hydrogens is 326 g/mol. The first-order valence-electron chi connectivity index (χ1n) is 7.01. The zero-order chi connectivity index (χ0) is 15.0. The number of benzene rings is 2. The van der Waals surface area contributed by atoms with E-state index in [1.165, 1.54) is 5.56 Å². The molecule has 3 aromatic rings. The van der Waals surface area contributed by atoms with Gasteiger partial charge in [-0.1, -0.05) is 24.3 Å². The van der Waals surface area contributed by atoms with Crippen molar-refractivity contribution >= 4 is 32.7 Å². The second-order valence-corrected chi connectivity index (χ2v) is 6.11. The van der Waals surface area contributed by atoms with E-state index in [2.05, 4.69) is 71.0 Å². The molecule has 0 bridgehead atoms. The van der Waals surface area contributed by atoms with Crippen LogP contribution in [0.5, 0.6) is 0 Å². The van der Waals surface area contributed by atoms with Crippen molar-refractivity contribution in [3.05, 3.63) is 58.3 Å². The standard InChI is InChI=1S/C17H18BrN3/c1-11-7-6-9-14(16(11)18)19-12(2)17-20-13-8-4-5-10-15(13)21(17)3/h4-10,12,19H,1-3H3. The van der Waals surface area contributed by atoms with Gasteiger partial charge in [-0.25, -0.2) is 4.98 Å². The zero-order valence-corrected chi connectivity index (χ0v) is 14.0. The van der Waals surface area contributed by atoms with Crippen molar-refractivity contribution in [3.63, 3.8) is 0 Å². The van der Waals surface area contributed by atoms with Crippen LogP contribution in [0.25, 0.3) is 11.0 Å². The van der Waals surface area contributed by atoms with Gasteiger partial charge in [0, 0.05) is 17.2 Å². The van der Waals surface area contributed by atoms with E-state index in [0.717, 1.165) is 27.0 Å². The van der Waals surface area contributed by atoms with Crippen LogP contribution < -0.4 is 5.32 Å². The molecule has 3 rings (SSSR count). The second kappa shape index (κ2) is 5.53. The molecule has 1 heterocycles. The van der Waals surface area contributed by atoms with E-state index in [9.17, 15) is 0 Å². The fraction of sp³-hybridized carbons (Fsp3) is 0.235. The van der Waals surface area contributed by atoms with E-state index in [0.29, 0.717) is 0 Å². The molecule has 0 spiro atoms. The normalized spacial score (nSPS) is 12.6. The molecule has 0 radical (unpaired) electrons. The molecule has 108 valence electrons. The van der Waals surface area contributed by atoms with Gasteiger partial charge in [0.25, 0.3) is 0 Å². The fourth-order valence-electron chi connectivity index (χ4n) is 2.61. The van der Waals surface area contributed by atoms with Gasteiger partial charge in [0.2, 0.25) is 0 Å². The number of aromatic nitrogens is 2. The summed E-state index contributed by atoms with van der Waals surface area (Å²) in [6, 6.07) is 14.6. The number of aryl methyl sites for hydroxylation is 2. The molecule has 0 aliphatic heterocycles. The highest BCUT2D eigenvalue weighted by molar-refractivity contribution is 9.10. The third-order valence-corrected chi connectivity index (χ3v) is 4.83. The summed E-state index contributed by atoms with van der Waals surface area (Å²) < 4.78 is 3.26. The summed E-state index contributed by atoms with van der Waals surface area (Å²) in [5.74, 6) is 1.03. The number of hydrogen-bond donors (Lipinski definition) is 1. The molecule has 2 aromatic carbocycles. The number of imidazole rings is 1. The van der Waals surface area contributed by atoms with E-state index in [1.807, 2.05) is 18.2 Å². The number of rotatable bonds is 3. The van der Waals surface area contributed by atoms with Crippen LogP contribution in [0.4, 0.5) is 5.69 Å². The maximum Gasteiger partial charge on any atom is 0.131 e. The number of anilines is 1. The van der Waals surface area contributed by atoms with Crippen LogP contribution in [0, 0.1) is 6.92 Å². The maximum atomic E-state index is 4.75. The van der Waals surface area contributed by atoms with E-state index in [-0.39, 0.29) is 6.04 Å². The third-order valence-electron chi connectivity index (χ3n) is 3.77. The topological polar surface area (TPSA) is 29.9 Å². The lowest BCUT2D eigenvalue weighted by atomic mass is 10.2. The minimum absolute atomic E-state index is 0.125. The van der Waals surface area contributed by atoms with E-state index in [1.54, 1.807) is 0 Å². The van der Waals surface area contributed by atoms with Crippen molar-refractivity contribution in [3.8, 4) is 0 Å². The third kappa shape index (κ3) is 2.56.